The monoisotopic (exact) mass is 420 g/mol. The molecule has 5 heteroatoms. The molecule has 1 aromatic rings. The molecule has 1 fully saturated rings. The van der Waals surface area contributed by atoms with Crippen molar-refractivity contribution in [1.29, 1.82) is 0 Å². The van der Waals surface area contributed by atoms with Gasteiger partial charge in [0.2, 0.25) is 5.79 Å². The lowest BCUT2D eigenvalue weighted by molar-refractivity contribution is -0.366. The van der Waals surface area contributed by atoms with E-state index < -0.39 is 23.4 Å². The molecule has 6 atom stereocenters. The van der Waals surface area contributed by atoms with Crippen LogP contribution in [0.2, 0.25) is 0 Å². The SMILES string of the molecule is CC/C=C/C(C)(C)[C@]1(OC)O[C@H](C[C@@H](C)C(C)OCc2ccccc2)C[C@H](O)[C@@H]1O. The van der Waals surface area contributed by atoms with E-state index >= 15 is 0 Å². The summed E-state index contributed by atoms with van der Waals surface area (Å²) in [6, 6.07) is 10.1. The van der Waals surface area contributed by atoms with Gasteiger partial charge in [0.05, 0.1) is 24.9 Å². The zero-order chi connectivity index (χ0) is 22.4. The van der Waals surface area contributed by atoms with Crippen molar-refractivity contribution >= 4 is 0 Å². The highest BCUT2D eigenvalue weighted by atomic mass is 16.7. The summed E-state index contributed by atoms with van der Waals surface area (Å²) in [7, 11) is 1.54. The molecule has 0 amide bonds. The maximum absolute atomic E-state index is 10.8. The first-order valence-corrected chi connectivity index (χ1v) is 11.1. The maximum Gasteiger partial charge on any atom is 0.205 e. The molecule has 0 aromatic heterocycles. The van der Waals surface area contributed by atoms with Gasteiger partial charge in [0.1, 0.15) is 6.10 Å². The average molecular weight is 421 g/mol. The van der Waals surface area contributed by atoms with Gasteiger partial charge in [0.15, 0.2) is 0 Å². The van der Waals surface area contributed by atoms with Crippen LogP contribution >= 0.6 is 0 Å². The van der Waals surface area contributed by atoms with Crippen LogP contribution in [0.15, 0.2) is 42.5 Å². The molecular formula is C25H40O5. The first kappa shape index (κ1) is 25.0. The van der Waals surface area contributed by atoms with E-state index in [1.54, 1.807) is 0 Å². The van der Waals surface area contributed by atoms with Gasteiger partial charge < -0.3 is 24.4 Å². The van der Waals surface area contributed by atoms with Crippen LogP contribution in [0.3, 0.4) is 0 Å². The van der Waals surface area contributed by atoms with Crippen LogP contribution in [0, 0.1) is 11.3 Å². The number of methoxy groups -OCH3 is 1. The number of aliphatic hydroxyl groups is 2. The lowest BCUT2D eigenvalue weighted by atomic mass is 9.74. The van der Waals surface area contributed by atoms with E-state index in [0.29, 0.717) is 19.4 Å². The summed E-state index contributed by atoms with van der Waals surface area (Å²) in [6.07, 6.45) is 3.74. The number of benzene rings is 1. The highest BCUT2D eigenvalue weighted by Crippen LogP contribution is 2.45. The molecule has 0 aliphatic carbocycles. The van der Waals surface area contributed by atoms with Crippen LogP contribution < -0.4 is 0 Å². The Labute approximate surface area is 182 Å². The van der Waals surface area contributed by atoms with Crippen molar-refractivity contribution in [2.45, 2.75) is 90.7 Å². The zero-order valence-corrected chi connectivity index (χ0v) is 19.4. The zero-order valence-electron chi connectivity index (χ0n) is 19.4. The van der Waals surface area contributed by atoms with Crippen LogP contribution in [0.1, 0.15) is 59.4 Å². The largest absolute Gasteiger partial charge is 0.390 e. The second-order valence-corrected chi connectivity index (χ2v) is 9.11. The van der Waals surface area contributed by atoms with Crippen LogP contribution in [-0.4, -0.2) is 47.5 Å². The molecule has 5 nitrogen and oxygen atoms in total. The minimum atomic E-state index is -1.31. The van der Waals surface area contributed by atoms with Crippen LogP contribution in [0.5, 0.6) is 0 Å². The summed E-state index contributed by atoms with van der Waals surface area (Å²) in [5, 5.41) is 21.5. The van der Waals surface area contributed by atoms with Crippen LogP contribution in [0.4, 0.5) is 0 Å². The predicted octanol–water partition coefficient (Wildman–Crippen LogP) is 4.46. The Morgan fingerprint density at radius 3 is 2.50 bits per heavy atom. The van der Waals surface area contributed by atoms with Crippen molar-refractivity contribution in [3.05, 3.63) is 48.0 Å². The number of rotatable bonds is 10. The molecule has 1 unspecified atom stereocenters. The first-order valence-electron chi connectivity index (χ1n) is 11.1. The quantitative estimate of drug-likeness (QED) is 0.547. The number of allylic oxidation sites excluding steroid dienone is 1. The Balaban J connectivity index is 2.07. The standard InChI is InChI=1S/C25H40O5/c1-7-8-14-24(4,5)25(28-6)23(27)22(26)16-21(30-25)15-18(2)19(3)29-17-20-12-10-9-11-13-20/h8-14,18-19,21-23,26-27H,7,15-17H2,1-6H3/b14-8+/t18-,19?,21-,22+,23+,25-/m1/s1. The van der Waals surface area contributed by atoms with Gasteiger partial charge in [-0.05, 0) is 31.2 Å². The molecule has 1 aromatic carbocycles. The van der Waals surface area contributed by atoms with Crippen molar-refractivity contribution in [1.82, 2.24) is 0 Å². The smallest absolute Gasteiger partial charge is 0.205 e. The minimum absolute atomic E-state index is 0.0303. The molecular weight excluding hydrogens is 380 g/mol. The van der Waals surface area contributed by atoms with Crippen molar-refractivity contribution in [3.63, 3.8) is 0 Å². The van der Waals surface area contributed by atoms with E-state index in [0.717, 1.165) is 12.0 Å². The van der Waals surface area contributed by atoms with E-state index in [4.69, 9.17) is 14.2 Å². The van der Waals surface area contributed by atoms with Crippen LogP contribution in [-0.2, 0) is 20.8 Å². The highest BCUT2D eigenvalue weighted by molar-refractivity contribution is 5.13. The lowest BCUT2D eigenvalue weighted by Crippen LogP contribution is -2.65. The molecule has 1 heterocycles. The van der Waals surface area contributed by atoms with E-state index in [2.05, 4.69) is 32.9 Å². The Kier molecular flexibility index (Phi) is 9.07. The Morgan fingerprint density at radius 1 is 1.23 bits per heavy atom. The topological polar surface area (TPSA) is 68.2 Å². The third-order valence-electron chi connectivity index (χ3n) is 6.36. The van der Waals surface area contributed by atoms with Crippen molar-refractivity contribution in [3.8, 4) is 0 Å². The van der Waals surface area contributed by atoms with E-state index in [1.165, 1.54) is 7.11 Å². The summed E-state index contributed by atoms with van der Waals surface area (Å²) >= 11 is 0. The highest BCUT2D eigenvalue weighted by Gasteiger charge is 2.57. The van der Waals surface area contributed by atoms with Crippen molar-refractivity contribution in [2.75, 3.05) is 7.11 Å². The molecule has 0 bridgehead atoms. The van der Waals surface area contributed by atoms with Gasteiger partial charge in [-0.25, -0.2) is 0 Å². The Hall–Kier alpha value is -1.24. The fourth-order valence-electron chi connectivity index (χ4n) is 4.23. The van der Waals surface area contributed by atoms with Gasteiger partial charge in [0, 0.05) is 18.9 Å². The normalized spacial score (nSPS) is 29.8. The van der Waals surface area contributed by atoms with Gasteiger partial charge in [-0.3, -0.25) is 0 Å². The predicted molar refractivity (Wildman–Crippen MR) is 119 cm³/mol. The second kappa shape index (κ2) is 10.9. The summed E-state index contributed by atoms with van der Waals surface area (Å²) < 4.78 is 18.3. The number of aliphatic hydroxyl groups excluding tert-OH is 2. The molecule has 1 saturated heterocycles. The van der Waals surface area contributed by atoms with Gasteiger partial charge in [-0.15, -0.1) is 0 Å². The van der Waals surface area contributed by atoms with Gasteiger partial charge >= 0.3 is 0 Å². The fourth-order valence-corrected chi connectivity index (χ4v) is 4.23. The molecule has 0 saturated carbocycles. The van der Waals surface area contributed by atoms with E-state index in [1.807, 2.05) is 44.2 Å². The molecule has 0 spiro atoms. The third kappa shape index (κ3) is 5.71. The van der Waals surface area contributed by atoms with Gasteiger partial charge in [0.25, 0.3) is 0 Å². The first-order chi connectivity index (χ1) is 14.2. The second-order valence-electron chi connectivity index (χ2n) is 9.11. The lowest BCUT2D eigenvalue weighted by Gasteiger charge is -2.53. The molecule has 170 valence electrons. The average Bonchev–Trinajstić information content (AvgIpc) is 2.73. The van der Waals surface area contributed by atoms with E-state index in [-0.39, 0.29) is 18.1 Å². The van der Waals surface area contributed by atoms with E-state index in [9.17, 15) is 10.2 Å². The van der Waals surface area contributed by atoms with Gasteiger partial charge in [-0.2, -0.15) is 0 Å². The number of hydrogen-bond donors (Lipinski definition) is 2. The maximum atomic E-state index is 10.8. The van der Waals surface area contributed by atoms with Crippen LogP contribution in [0.25, 0.3) is 0 Å². The Morgan fingerprint density at radius 2 is 1.90 bits per heavy atom. The molecule has 2 N–H and O–H groups in total. The molecule has 30 heavy (non-hydrogen) atoms. The molecule has 1 aliphatic rings. The third-order valence-corrected chi connectivity index (χ3v) is 6.36. The fraction of sp³-hybridized carbons (Fsp3) is 0.680. The summed E-state index contributed by atoms with van der Waals surface area (Å²) in [5.41, 5.74) is 0.530. The minimum Gasteiger partial charge on any atom is -0.390 e. The van der Waals surface area contributed by atoms with Gasteiger partial charge in [-0.1, -0.05) is 70.2 Å². The van der Waals surface area contributed by atoms with Crippen molar-refractivity contribution in [2.24, 2.45) is 11.3 Å². The summed E-state index contributed by atoms with van der Waals surface area (Å²) in [5.74, 6) is -1.10. The van der Waals surface area contributed by atoms with Crippen molar-refractivity contribution < 1.29 is 24.4 Å². The molecule has 1 aliphatic heterocycles. The number of ether oxygens (including phenoxy) is 3. The summed E-state index contributed by atoms with van der Waals surface area (Å²) in [4.78, 5) is 0. The molecule has 2 rings (SSSR count). The number of hydrogen-bond acceptors (Lipinski definition) is 5. The Bertz CT molecular complexity index is 659. The summed E-state index contributed by atoms with van der Waals surface area (Å²) in [6.45, 7) is 10.8. The molecule has 0 radical (unpaired) electrons.